The van der Waals surface area contributed by atoms with E-state index >= 15 is 0 Å². The van der Waals surface area contributed by atoms with Crippen molar-refractivity contribution >= 4 is 5.97 Å². The molecule has 1 aliphatic rings. The Bertz CT molecular complexity index is 873. The molecule has 0 amide bonds. The Labute approximate surface area is 196 Å². The Morgan fingerprint density at radius 3 is 2.27 bits per heavy atom. The molecule has 2 aromatic rings. The highest BCUT2D eigenvalue weighted by molar-refractivity contribution is 5.74. The van der Waals surface area contributed by atoms with Gasteiger partial charge in [-0.15, -0.1) is 0 Å². The van der Waals surface area contributed by atoms with Gasteiger partial charge in [-0.2, -0.15) is 0 Å². The Kier molecular flexibility index (Phi) is 9.71. The number of hydrogen-bond donors (Lipinski definition) is 0. The van der Waals surface area contributed by atoms with Crippen LogP contribution in [0.1, 0.15) is 83.1 Å². The predicted octanol–water partition coefficient (Wildman–Crippen LogP) is 7.77. The molecule has 3 rings (SSSR count). The standard InChI is InChI=1S/C28H36F2O3/c1-3-5-7-25(29)28(31)33-24-15-12-21(13-16-24)20-8-10-22(11-9-20)23-14-17-27(26(30)19-23)32-18-6-4-2/h8-11,14,17,19,21,24-25H,3-7,12-13,15-16,18H2,1-2H3/t21-,24-,25-/m0/s1. The molecule has 1 saturated carbocycles. The summed E-state index contributed by atoms with van der Waals surface area (Å²) in [5.74, 6) is -0.358. The Morgan fingerprint density at radius 1 is 0.970 bits per heavy atom. The molecule has 0 bridgehead atoms. The second kappa shape index (κ2) is 12.7. The first-order valence-corrected chi connectivity index (χ1v) is 12.4. The molecule has 1 fully saturated rings. The maximum absolute atomic E-state index is 14.4. The van der Waals surface area contributed by atoms with Crippen LogP contribution in [-0.4, -0.2) is 24.9 Å². The molecule has 5 heteroatoms. The largest absolute Gasteiger partial charge is 0.491 e. The van der Waals surface area contributed by atoms with Crippen LogP contribution >= 0.6 is 0 Å². The molecule has 0 aliphatic heterocycles. The van der Waals surface area contributed by atoms with E-state index < -0.39 is 12.1 Å². The highest BCUT2D eigenvalue weighted by Crippen LogP contribution is 2.35. The van der Waals surface area contributed by atoms with Gasteiger partial charge < -0.3 is 9.47 Å². The lowest BCUT2D eigenvalue weighted by atomic mass is 9.82. The fraction of sp³-hybridized carbons (Fsp3) is 0.536. The molecule has 1 aliphatic carbocycles. The number of rotatable bonds is 11. The monoisotopic (exact) mass is 458 g/mol. The summed E-state index contributed by atoms with van der Waals surface area (Å²) >= 11 is 0. The molecule has 0 unspecified atom stereocenters. The molecule has 0 spiro atoms. The summed E-state index contributed by atoms with van der Waals surface area (Å²) in [4.78, 5) is 11.9. The summed E-state index contributed by atoms with van der Waals surface area (Å²) in [6.45, 7) is 4.57. The number of esters is 1. The van der Waals surface area contributed by atoms with Gasteiger partial charge in [0, 0.05) is 0 Å². The second-order valence-electron chi connectivity index (χ2n) is 8.99. The summed E-state index contributed by atoms with van der Waals surface area (Å²) in [5, 5.41) is 0. The quantitative estimate of drug-likeness (QED) is 0.255. The van der Waals surface area contributed by atoms with Crippen molar-refractivity contribution in [1.82, 2.24) is 0 Å². The molecule has 180 valence electrons. The van der Waals surface area contributed by atoms with Crippen LogP contribution in [0.15, 0.2) is 42.5 Å². The normalized spacial score (nSPS) is 19.2. The van der Waals surface area contributed by atoms with E-state index in [-0.39, 0.29) is 18.3 Å². The van der Waals surface area contributed by atoms with Crippen molar-refractivity contribution in [1.29, 1.82) is 0 Å². The van der Waals surface area contributed by atoms with Crippen LogP contribution in [0.25, 0.3) is 11.1 Å². The summed E-state index contributed by atoms with van der Waals surface area (Å²) < 4.78 is 39.2. The number of hydrogen-bond acceptors (Lipinski definition) is 3. The maximum Gasteiger partial charge on any atom is 0.340 e. The van der Waals surface area contributed by atoms with E-state index in [9.17, 15) is 13.6 Å². The number of unbranched alkanes of at least 4 members (excludes halogenated alkanes) is 2. The van der Waals surface area contributed by atoms with E-state index in [0.717, 1.165) is 56.1 Å². The van der Waals surface area contributed by atoms with Gasteiger partial charge in [0.15, 0.2) is 17.7 Å². The van der Waals surface area contributed by atoms with E-state index in [1.165, 1.54) is 11.6 Å². The molecule has 1 atom stereocenters. The molecular formula is C28H36F2O3. The molecule has 2 aromatic carbocycles. The van der Waals surface area contributed by atoms with Crippen molar-refractivity contribution < 1.29 is 23.0 Å². The minimum Gasteiger partial charge on any atom is -0.491 e. The Hall–Kier alpha value is -2.43. The number of halogens is 2. The number of ether oxygens (including phenoxy) is 2. The lowest BCUT2D eigenvalue weighted by Crippen LogP contribution is -2.28. The molecular weight excluding hydrogens is 422 g/mol. The highest BCUT2D eigenvalue weighted by Gasteiger charge is 2.27. The van der Waals surface area contributed by atoms with Gasteiger partial charge in [-0.1, -0.05) is 63.4 Å². The van der Waals surface area contributed by atoms with Gasteiger partial charge in [-0.3, -0.25) is 0 Å². The molecule has 3 nitrogen and oxygen atoms in total. The molecule has 0 aromatic heterocycles. The van der Waals surface area contributed by atoms with Crippen molar-refractivity contribution in [3.63, 3.8) is 0 Å². The van der Waals surface area contributed by atoms with Crippen LogP contribution < -0.4 is 4.74 Å². The van der Waals surface area contributed by atoms with E-state index in [2.05, 4.69) is 19.1 Å². The van der Waals surface area contributed by atoms with Crippen molar-refractivity contribution in [3.8, 4) is 16.9 Å². The zero-order chi connectivity index (χ0) is 23.6. The second-order valence-corrected chi connectivity index (χ2v) is 8.99. The third-order valence-corrected chi connectivity index (χ3v) is 6.43. The van der Waals surface area contributed by atoms with Gasteiger partial charge in [0.25, 0.3) is 0 Å². The first-order chi connectivity index (χ1) is 16.0. The van der Waals surface area contributed by atoms with E-state index in [1.807, 2.05) is 25.1 Å². The van der Waals surface area contributed by atoms with Crippen molar-refractivity contribution in [2.75, 3.05) is 6.61 Å². The topological polar surface area (TPSA) is 35.5 Å². The van der Waals surface area contributed by atoms with Crippen LogP contribution in [0.2, 0.25) is 0 Å². The van der Waals surface area contributed by atoms with Crippen LogP contribution in [-0.2, 0) is 9.53 Å². The number of carbonyl (C=O) groups excluding carboxylic acids is 1. The molecule has 0 saturated heterocycles. The molecule has 0 N–H and O–H groups in total. The van der Waals surface area contributed by atoms with E-state index in [1.54, 1.807) is 6.07 Å². The molecule has 33 heavy (non-hydrogen) atoms. The third-order valence-electron chi connectivity index (χ3n) is 6.43. The summed E-state index contributed by atoms with van der Waals surface area (Å²) in [6.07, 6.45) is 5.35. The third kappa shape index (κ3) is 7.28. The van der Waals surface area contributed by atoms with Gasteiger partial charge in [0.05, 0.1) is 6.61 Å². The number of alkyl halides is 1. The van der Waals surface area contributed by atoms with Crippen LogP contribution in [0.5, 0.6) is 5.75 Å². The smallest absolute Gasteiger partial charge is 0.340 e. The SMILES string of the molecule is CCCCOc1ccc(-c2ccc([C@H]3CC[C@H](OC(=O)[C@@H](F)CCCC)CC3)cc2)cc1F. The molecule has 0 radical (unpaired) electrons. The first kappa shape index (κ1) is 25.2. The van der Waals surface area contributed by atoms with Gasteiger partial charge >= 0.3 is 5.97 Å². The van der Waals surface area contributed by atoms with Gasteiger partial charge in [-0.05, 0) is 73.3 Å². The van der Waals surface area contributed by atoms with Crippen LogP contribution in [0.4, 0.5) is 8.78 Å². The predicted molar refractivity (Wildman–Crippen MR) is 128 cm³/mol. The molecule has 0 heterocycles. The zero-order valence-corrected chi connectivity index (χ0v) is 19.8. The van der Waals surface area contributed by atoms with E-state index in [0.29, 0.717) is 24.7 Å². The lowest BCUT2D eigenvalue weighted by molar-refractivity contribution is -0.157. The summed E-state index contributed by atoms with van der Waals surface area (Å²) in [5.41, 5.74) is 3.01. The number of benzene rings is 2. The zero-order valence-electron chi connectivity index (χ0n) is 19.8. The van der Waals surface area contributed by atoms with Crippen molar-refractivity contribution in [2.24, 2.45) is 0 Å². The average molecular weight is 459 g/mol. The maximum atomic E-state index is 14.4. The summed E-state index contributed by atoms with van der Waals surface area (Å²) in [6, 6.07) is 13.3. The highest BCUT2D eigenvalue weighted by atomic mass is 19.1. The Morgan fingerprint density at radius 2 is 1.64 bits per heavy atom. The number of carbonyl (C=O) groups is 1. The fourth-order valence-electron chi connectivity index (χ4n) is 4.32. The van der Waals surface area contributed by atoms with E-state index in [4.69, 9.17) is 9.47 Å². The minimum atomic E-state index is -1.50. The van der Waals surface area contributed by atoms with Crippen LogP contribution in [0.3, 0.4) is 0 Å². The average Bonchev–Trinajstić information content (AvgIpc) is 2.84. The summed E-state index contributed by atoms with van der Waals surface area (Å²) in [7, 11) is 0. The lowest BCUT2D eigenvalue weighted by Gasteiger charge is -2.29. The Balaban J connectivity index is 1.52. The minimum absolute atomic E-state index is 0.186. The van der Waals surface area contributed by atoms with Crippen molar-refractivity contribution in [2.45, 2.75) is 89.8 Å². The fourth-order valence-corrected chi connectivity index (χ4v) is 4.32. The van der Waals surface area contributed by atoms with Crippen LogP contribution in [0, 0.1) is 5.82 Å². The van der Waals surface area contributed by atoms with Gasteiger partial charge in [0.1, 0.15) is 6.10 Å². The first-order valence-electron chi connectivity index (χ1n) is 12.4. The van der Waals surface area contributed by atoms with Gasteiger partial charge in [-0.25, -0.2) is 13.6 Å². The van der Waals surface area contributed by atoms with Crippen molar-refractivity contribution in [3.05, 3.63) is 53.8 Å². The van der Waals surface area contributed by atoms with Gasteiger partial charge in [0.2, 0.25) is 0 Å².